The molecule has 0 saturated carbocycles. The monoisotopic (exact) mass is 487 g/mol. The van der Waals surface area contributed by atoms with E-state index in [1.807, 2.05) is 0 Å². The molecule has 0 spiro atoms. The second-order valence-electron chi connectivity index (χ2n) is 9.73. The molecular formula is C28H33N5O3. The Bertz CT molecular complexity index is 1210. The number of amides is 2. The largest absolute Gasteiger partial charge is 0.365 e. The fourth-order valence-corrected chi connectivity index (χ4v) is 4.88. The van der Waals surface area contributed by atoms with Crippen molar-refractivity contribution in [1.82, 2.24) is 25.2 Å². The number of benzene rings is 2. The molecule has 0 bridgehead atoms. The summed E-state index contributed by atoms with van der Waals surface area (Å²) in [7, 11) is 0. The molecule has 1 saturated heterocycles. The molecule has 1 N–H and O–H groups in total. The predicted octanol–water partition coefficient (Wildman–Crippen LogP) is 3.59. The summed E-state index contributed by atoms with van der Waals surface area (Å²) in [6.45, 7) is 6.59. The predicted molar refractivity (Wildman–Crippen MR) is 135 cm³/mol. The lowest BCUT2D eigenvalue weighted by molar-refractivity contribution is -0.126. The Morgan fingerprint density at radius 2 is 1.72 bits per heavy atom. The number of fused-ring (bicyclic) bond motifs is 1. The van der Waals surface area contributed by atoms with Gasteiger partial charge in [-0.05, 0) is 42.9 Å². The molecule has 8 nitrogen and oxygen atoms in total. The molecule has 1 unspecified atom stereocenters. The number of nitrogens with zero attached hydrogens (tertiary/aromatic N) is 4. The van der Waals surface area contributed by atoms with E-state index in [1.165, 1.54) is 11.1 Å². The smallest absolute Gasteiger partial charge is 0.276 e. The second-order valence-corrected chi connectivity index (χ2v) is 9.73. The molecule has 36 heavy (non-hydrogen) atoms. The van der Waals surface area contributed by atoms with Crippen LogP contribution in [0.1, 0.15) is 64.3 Å². The normalized spacial score (nSPS) is 18.1. The minimum Gasteiger partial charge on any atom is -0.365 e. The SMILES string of the molecule is CCc1ccc(CNC(=O)C2CCN(C(=O)c3nnn4c3COC(c3ccc(C)cc3)C4)CC2)cc1. The lowest BCUT2D eigenvalue weighted by atomic mass is 9.95. The van der Waals surface area contributed by atoms with Crippen LogP contribution in [0, 0.1) is 12.8 Å². The Balaban J connectivity index is 1.14. The van der Waals surface area contributed by atoms with Gasteiger partial charge < -0.3 is 15.0 Å². The van der Waals surface area contributed by atoms with Gasteiger partial charge in [0.25, 0.3) is 5.91 Å². The molecule has 1 aromatic heterocycles. The van der Waals surface area contributed by atoms with Gasteiger partial charge in [-0.3, -0.25) is 9.59 Å². The van der Waals surface area contributed by atoms with E-state index < -0.39 is 0 Å². The van der Waals surface area contributed by atoms with Crippen molar-refractivity contribution in [3.8, 4) is 0 Å². The van der Waals surface area contributed by atoms with Gasteiger partial charge in [0, 0.05) is 25.6 Å². The summed E-state index contributed by atoms with van der Waals surface area (Å²) in [5, 5.41) is 11.5. The highest BCUT2D eigenvalue weighted by atomic mass is 16.5. The third-order valence-corrected chi connectivity index (χ3v) is 7.30. The number of nitrogens with one attached hydrogen (secondary N) is 1. The summed E-state index contributed by atoms with van der Waals surface area (Å²) < 4.78 is 7.85. The summed E-state index contributed by atoms with van der Waals surface area (Å²) >= 11 is 0. The van der Waals surface area contributed by atoms with Gasteiger partial charge in [-0.25, -0.2) is 4.68 Å². The average Bonchev–Trinajstić information content (AvgIpc) is 3.35. The average molecular weight is 488 g/mol. The van der Waals surface area contributed by atoms with Gasteiger partial charge in [0.05, 0.1) is 18.8 Å². The molecule has 5 rings (SSSR count). The molecule has 2 aliphatic heterocycles. The number of aromatic nitrogens is 3. The van der Waals surface area contributed by atoms with E-state index in [-0.39, 0.29) is 23.8 Å². The molecule has 2 amide bonds. The van der Waals surface area contributed by atoms with Gasteiger partial charge >= 0.3 is 0 Å². The van der Waals surface area contributed by atoms with Crippen molar-refractivity contribution in [3.05, 3.63) is 82.2 Å². The number of carbonyl (C=O) groups is 2. The topological polar surface area (TPSA) is 89.4 Å². The fraction of sp³-hybridized carbons (Fsp3) is 0.429. The highest BCUT2D eigenvalue weighted by molar-refractivity contribution is 5.93. The molecule has 2 aromatic carbocycles. The number of likely N-dealkylation sites (tertiary alicyclic amines) is 1. The maximum absolute atomic E-state index is 13.2. The number of ether oxygens (including phenoxy) is 1. The molecule has 1 atom stereocenters. The van der Waals surface area contributed by atoms with Gasteiger partial charge in [0.15, 0.2) is 5.69 Å². The van der Waals surface area contributed by atoms with Gasteiger partial charge in [-0.2, -0.15) is 0 Å². The summed E-state index contributed by atoms with van der Waals surface area (Å²) in [6.07, 6.45) is 2.17. The van der Waals surface area contributed by atoms with Gasteiger partial charge in [0.2, 0.25) is 5.91 Å². The van der Waals surface area contributed by atoms with Crippen LogP contribution in [0.2, 0.25) is 0 Å². The van der Waals surface area contributed by atoms with Crippen molar-refractivity contribution in [2.75, 3.05) is 13.1 Å². The Hall–Kier alpha value is -3.52. The summed E-state index contributed by atoms with van der Waals surface area (Å²) in [5.41, 5.74) is 5.75. The van der Waals surface area contributed by atoms with E-state index in [2.05, 4.69) is 78.0 Å². The first kappa shape index (κ1) is 24.2. The Labute approximate surface area is 211 Å². The maximum Gasteiger partial charge on any atom is 0.276 e. The molecule has 0 radical (unpaired) electrons. The number of hydrogen-bond acceptors (Lipinski definition) is 5. The first-order chi connectivity index (χ1) is 17.5. The van der Waals surface area contributed by atoms with E-state index >= 15 is 0 Å². The van der Waals surface area contributed by atoms with Crippen molar-refractivity contribution in [2.45, 2.75) is 58.9 Å². The third kappa shape index (κ3) is 5.18. The van der Waals surface area contributed by atoms with Gasteiger partial charge in [-0.15, -0.1) is 5.10 Å². The maximum atomic E-state index is 13.2. The first-order valence-electron chi connectivity index (χ1n) is 12.8. The highest BCUT2D eigenvalue weighted by Crippen LogP contribution is 2.28. The van der Waals surface area contributed by atoms with Crippen LogP contribution in [-0.4, -0.2) is 44.8 Å². The number of carbonyl (C=O) groups excluding carboxylic acids is 2. The lowest BCUT2D eigenvalue weighted by Crippen LogP contribution is -2.43. The van der Waals surface area contributed by atoms with Crippen molar-refractivity contribution in [3.63, 3.8) is 0 Å². The number of rotatable bonds is 6. The quantitative estimate of drug-likeness (QED) is 0.574. The Morgan fingerprint density at radius 1 is 1.03 bits per heavy atom. The number of aryl methyl sites for hydroxylation is 2. The molecule has 3 heterocycles. The highest BCUT2D eigenvalue weighted by Gasteiger charge is 2.33. The zero-order valence-corrected chi connectivity index (χ0v) is 20.9. The Kier molecular flexibility index (Phi) is 7.13. The van der Waals surface area contributed by atoms with Crippen molar-refractivity contribution in [2.24, 2.45) is 5.92 Å². The molecule has 1 fully saturated rings. The molecular weight excluding hydrogens is 454 g/mol. The minimum absolute atomic E-state index is 0.0539. The van der Waals surface area contributed by atoms with Crippen LogP contribution in [0.15, 0.2) is 48.5 Å². The standard InChI is InChI=1S/C28H33N5O3/c1-3-20-6-8-21(9-7-20)16-29-27(34)23-12-14-32(15-13-23)28(35)26-24-18-36-25(17-33(24)31-30-26)22-10-4-19(2)5-11-22/h4-11,23,25H,3,12-18H2,1-2H3,(H,29,34). The van der Waals surface area contributed by atoms with E-state index in [4.69, 9.17) is 4.74 Å². The van der Waals surface area contributed by atoms with Crippen LogP contribution in [0.3, 0.4) is 0 Å². The van der Waals surface area contributed by atoms with E-state index in [1.54, 1.807) is 9.58 Å². The molecule has 188 valence electrons. The second kappa shape index (κ2) is 10.6. The van der Waals surface area contributed by atoms with E-state index in [0.717, 1.165) is 23.2 Å². The number of hydrogen-bond donors (Lipinski definition) is 1. The fourth-order valence-electron chi connectivity index (χ4n) is 4.88. The summed E-state index contributed by atoms with van der Waals surface area (Å²) in [6, 6.07) is 16.6. The lowest BCUT2D eigenvalue weighted by Gasteiger charge is -2.31. The number of piperidine rings is 1. The molecule has 0 aliphatic carbocycles. The van der Waals surface area contributed by atoms with Crippen molar-refractivity contribution >= 4 is 11.8 Å². The van der Waals surface area contributed by atoms with Crippen LogP contribution >= 0.6 is 0 Å². The van der Waals surface area contributed by atoms with Gasteiger partial charge in [0.1, 0.15) is 6.10 Å². The molecule has 3 aromatic rings. The van der Waals surface area contributed by atoms with E-state index in [0.29, 0.717) is 51.3 Å². The van der Waals surface area contributed by atoms with Crippen LogP contribution in [0.4, 0.5) is 0 Å². The Morgan fingerprint density at radius 3 is 2.42 bits per heavy atom. The molecule has 8 heteroatoms. The third-order valence-electron chi connectivity index (χ3n) is 7.30. The minimum atomic E-state index is -0.136. The van der Waals surface area contributed by atoms with Crippen molar-refractivity contribution < 1.29 is 14.3 Å². The van der Waals surface area contributed by atoms with Crippen molar-refractivity contribution in [1.29, 1.82) is 0 Å². The van der Waals surface area contributed by atoms with E-state index in [9.17, 15) is 9.59 Å². The zero-order valence-electron chi connectivity index (χ0n) is 20.9. The zero-order chi connectivity index (χ0) is 25.1. The summed E-state index contributed by atoms with van der Waals surface area (Å²) in [4.78, 5) is 27.7. The first-order valence-corrected chi connectivity index (χ1v) is 12.8. The van der Waals surface area contributed by atoms with Gasteiger partial charge in [-0.1, -0.05) is 66.2 Å². The van der Waals surface area contributed by atoms with Crippen LogP contribution < -0.4 is 5.32 Å². The molecule has 2 aliphatic rings. The van der Waals surface area contributed by atoms with Crippen LogP contribution in [0.5, 0.6) is 0 Å². The summed E-state index contributed by atoms with van der Waals surface area (Å²) in [5.74, 6) is -0.168. The van der Waals surface area contributed by atoms with Crippen LogP contribution in [-0.2, 0) is 35.6 Å². The van der Waals surface area contributed by atoms with Crippen LogP contribution in [0.25, 0.3) is 0 Å².